The van der Waals surface area contributed by atoms with Crippen molar-refractivity contribution >= 4 is 27.5 Å². The monoisotopic (exact) mass is 358 g/mol. The first-order chi connectivity index (χ1) is 10.6. The Balaban J connectivity index is 2.34. The Morgan fingerprint density at radius 2 is 2.00 bits per heavy atom. The SMILES string of the molecule is CCC(C(=O)O)c1c(-c2ccccc2)nc2ccc(Br)cn12. The molecule has 0 radical (unpaired) electrons. The number of nitrogens with zero attached hydrogens (tertiary/aromatic N) is 2. The molecule has 0 amide bonds. The molecule has 0 fully saturated rings. The van der Waals surface area contributed by atoms with E-state index < -0.39 is 11.9 Å². The Kier molecular flexibility index (Phi) is 3.98. The van der Waals surface area contributed by atoms with E-state index in [1.807, 2.05) is 60.0 Å². The number of carbonyl (C=O) groups is 1. The minimum Gasteiger partial charge on any atom is -0.481 e. The smallest absolute Gasteiger partial charge is 0.312 e. The van der Waals surface area contributed by atoms with Crippen LogP contribution in [0.15, 0.2) is 53.1 Å². The number of pyridine rings is 1. The van der Waals surface area contributed by atoms with Gasteiger partial charge in [0.15, 0.2) is 0 Å². The number of hydrogen-bond acceptors (Lipinski definition) is 2. The molecule has 0 saturated heterocycles. The maximum atomic E-state index is 11.7. The molecular formula is C17H15BrN2O2. The predicted octanol–water partition coefficient (Wildman–Crippen LogP) is 4.34. The Morgan fingerprint density at radius 3 is 2.64 bits per heavy atom. The lowest BCUT2D eigenvalue weighted by molar-refractivity contribution is -0.138. The van der Waals surface area contributed by atoms with Crippen molar-refractivity contribution in [3.8, 4) is 11.3 Å². The lowest BCUT2D eigenvalue weighted by atomic mass is 9.97. The van der Waals surface area contributed by atoms with Crippen LogP contribution in [-0.4, -0.2) is 20.5 Å². The van der Waals surface area contributed by atoms with Gasteiger partial charge in [0.2, 0.25) is 0 Å². The number of aliphatic carboxylic acids is 1. The summed E-state index contributed by atoms with van der Waals surface area (Å²) in [5.74, 6) is -1.43. The first-order valence-corrected chi connectivity index (χ1v) is 7.87. The molecule has 22 heavy (non-hydrogen) atoms. The van der Waals surface area contributed by atoms with E-state index in [4.69, 9.17) is 0 Å². The fourth-order valence-corrected chi connectivity index (χ4v) is 3.00. The average molecular weight is 359 g/mol. The quantitative estimate of drug-likeness (QED) is 0.754. The van der Waals surface area contributed by atoms with E-state index in [0.29, 0.717) is 6.42 Å². The summed E-state index contributed by atoms with van der Waals surface area (Å²) in [4.78, 5) is 16.3. The molecule has 0 bridgehead atoms. The summed E-state index contributed by atoms with van der Waals surface area (Å²) in [5, 5.41) is 9.59. The van der Waals surface area contributed by atoms with Gasteiger partial charge >= 0.3 is 5.97 Å². The number of aromatic nitrogens is 2. The van der Waals surface area contributed by atoms with E-state index in [1.165, 1.54) is 0 Å². The molecule has 2 aromatic heterocycles. The van der Waals surface area contributed by atoms with Crippen LogP contribution in [0.1, 0.15) is 25.0 Å². The number of halogens is 1. The molecule has 1 N–H and O–H groups in total. The summed E-state index contributed by atoms with van der Waals surface area (Å²) >= 11 is 3.44. The van der Waals surface area contributed by atoms with Crippen molar-refractivity contribution in [3.63, 3.8) is 0 Å². The Hall–Kier alpha value is -2.14. The molecule has 112 valence electrons. The van der Waals surface area contributed by atoms with Gasteiger partial charge in [0.1, 0.15) is 5.65 Å². The van der Waals surface area contributed by atoms with Crippen molar-refractivity contribution in [1.82, 2.24) is 9.38 Å². The third kappa shape index (κ3) is 2.52. The third-order valence-electron chi connectivity index (χ3n) is 3.70. The Labute approximate surface area is 136 Å². The number of hydrogen-bond donors (Lipinski definition) is 1. The zero-order chi connectivity index (χ0) is 15.7. The van der Waals surface area contributed by atoms with Gasteiger partial charge in [-0.25, -0.2) is 4.98 Å². The minimum absolute atomic E-state index is 0.509. The van der Waals surface area contributed by atoms with Gasteiger partial charge in [-0.3, -0.25) is 4.79 Å². The molecule has 5 heteroatoms. The first kappa shape index (κ1) is 14.8. The summed E-state index contributed by atoms with van der Waals surface area (Å²) in [7, 11) is 0. The molecule has 0 saturated carbocycles. The average Bonchev–Trinajstić information content (AvgIpc) is 2.87. The highest BCUT2D eigenvalue weighted by molar-refractivity contribution is 9.10. The van der Waals surface area contributed by atoms with Crippen LogP contribution in [0.25, 0.3) is 16.9 Å². The van der Waals surface area contributed by atoms with Crippen LogP contribution in [-0.2, 0) is 4.79 Å². The molecule has 4 nitrogen and oxygen atoms in total. The Morgan fingerprint density at radius 1 is 1.27 bits per heavy atom. The predicted molar refractivity (Wildman–Crippen MR) is 89.0 cm³/mol. The van der Waals surface area contributed by atoms with Crippen molar-refractivity contribution in [2.24, 2.45) is 0 Å². The topological polar surface area (TPSA) is 54.6 Å². The number of fused-ring (bicyclic) bond motifs is 1. The minimum atomic E-state index is -0.832. The Bertz CT molecular complexity index is 827. The van der Waals surface area contributed by atoms with Gasteiger partial charge < -0.3 is 9.51 Å². The van der Waals surface area contributed by atoms with Crippen LogP contribution < -0.4 is 0 Å². The van der Waals surface area contributed by atoms with E-state index in [1.54, 1.807) is 0 Å². The maximum absolute atomic E-state index is 11.7. The summed E-state index contributed by atoms with van der Waals surface area (Å²) in [6.07, 6.45) is 2.38. The van der Waals surface area contributed by atoms with Gasteiger partial charge in [-0.1, -0.05) is 37.3 Å². The van der Waals surface area contributed by atoms with Crippen molar-refractivity contribution in [2.75, 3.05) is 0 Å². The number of imidazole rings is 1. The highest BCUT2D eigenvalue weighted by Gasteiger charge is 2.26. The van der Waals surface area contributed by atoms with E-state index in [0.717, 1.165) is 27.1 Å². The highest BCUT2D eigenvalue weighted by atomic mass is 79.9. The van der Waals surface area contributed by atoms with Gasteiger partial charge in [0.05, 0.1) is 17.3 Å². The highest BCUT2D eigenvalue weighted by Crippen LogP contribution is 2.32. The second kappa shape index (κ2) is 5.93. The molecular weight excluding hydrogens is 344 g/mol. The molecule has 0 aliphatic carbocycles. The van der Waals surface area contributed by atoms with Crippen LogP contribution in [0.5, 0.6) is 0 Å². The summed E-state index contributed by atoms with van der Waals surface area (Å²) in [6.45, 7) is 1.88. The largest absolute Gasteiger partial charge is 0.481 e. The summed E-state index contributed by atoms with van der Waals surface area (Å²) in [5.41, 5.74) is 3.12. The van der Waals surface area contributed by atoms with Gasteiger partial charge in [0, 0.05) is 16.2 Å². The van der Waals surface area contributed by atoms with Crippen molar-refractivity contribution in [2.45, 2.75) is 19.3 Å². The number of benzene rings is 1. The molecule has 3 aromatic rings. The van der Waals surface area contributed by atoms with Crippen LogP contribution >= 0.6 is 15.9 Å². The lowest BCUT2D eigenvalue weighted by Crippen LogP contribution is -2.13. The fraction of sp³-hybridized carbons (Fsp3) is 0.176. The van der Waals surface area contributed by atoms with Crippen molar-refractivity contribution in [3.05, 3.63) is 58.8 Å². The van der Waals surface area contributed by atoms with Gasteiger partial charge in [-0.2, -0.15) is 0 Å². The van der Waals surface area contributed by atoms with E-state index in [-0.39, 0.29) is 0 Å². The van der Waals surface area contributed by atoms with Gasteiger partial charge in [-0.05, 0) is 34.5 Å². The molecule has 0 spiro atoms. The van der Waals surface area contributed by atoms with Crippen molar-refractivity contribution < 1.29 is 9.90 Å². The lowest BCUT2D eigenvalue weighted by Gasteiger charge is -2.12. The molecule has 1 unspecified atom stereocenters. The maximum Gasteiger partial charge on any atom is 0.312 e. The van der Waals surface area contributed by atoms with Crippen LogP contribution in [0.3, 0.4) is 0 Å². The zero-order valence-electron chi connectivity index (χ0n) is 12.0. The van der Waals surface area contributed by atoms with Crippen LogP contribution in [0, 0.1) is 0 Å². The van der Waals surface area contributed by atoms with E-state index in [2.05, 4.69) is 20.9 Å². The molecule has 0 aliphatic heterocycles. The molecule has 0 aliphatic rings. The second-order valence-electron chi connectivity index (χ2n) is 5.09. The van der Waals surface area contributed by atoms with Gasteiger partial charge in [-0.15, -0.1) is 0 Å². The number of carboxylic acid groups (broad SMARTS) is 1. The number of carboxylic acids is 1. The normalized spacial score (nSPS) is 12.5. The third-order valence-corrected chi connectivity index (χ3v) is 4.17. The molecule has 1 atom stereocenters. The second-order valence-corrected chi connectivity index (χ2v) is 6.00. The zero-order valence-corrected chi connectivity index (χ0v) is 13.6. The van der Waals surface area contributed by atoms with E-state index in [9.17, 15) is 9.90 Å². The van der Waals surface area contributed by atoms with Gasteiger partial charge in [0.25, 0.3) is 0 Å². The fourth-order valence-electron chi connectivity index (χ4n) is 2.66. The standard InChI is InChI=1S/C17H15BrN2O2/c1-2-13(17(21)22)16-15(11-6-4-3-5-7-11)19-14-9-8-12(18)10-20(14)16/h3-10,13H,2H2,1H3,(H,21,22). The summed E-state index contributed by atoms with van der Waals surface area (Å²) < 4.78 is 2.76. The summed E-state index contributed by atoms with van der Waals surface area (Å²) in [6, 6.07) is 13.5. The first-order valence-electron chi connectivity index (χ1n) is 7.07. The number of rotatable bonds is 4. The van der Waals surface area contributed by atoms with E-state index >= 15 is 0 Å². The van der Waals surface area contributed by atoms with Crippen molar-refractivity contribution in [1.29, 1.82) is 0 Å². The molecule has 2 heterocycles. The molecule has 3 rings (SSSR count). The van der Waals surface area contributed by atoms with Crippen LogP contribution in [0.2, 0.25) is 0 Å². The molecule has 1 aromatic carbocycles. The van der Waals surface area contributed by atoms with Crippen LogP contribution in [0.4, 0.5) is 0 Å².